The van der Waals surface area contributed by atoms with Crippen molar-refractivity contribution in [3.8, 4) is 0 Å². The molecule has 21 heavy (non-hydrogen) atoms. The van der Waals surface area contributed by atoms with E-state index in [0.29, 0.717) is 11.3 Å². The van der Waals surface area contributed by atoms with Crippen LogP contribution in [-0.2, 0) is 10.0 Å². The Labute approximate surface area is 130 Å². The predicted molar refractivity (Wildman–Crippen MR) is 80.3 cm³/mol. The van der Waals surface area contributed by atoms with E-state index in [1.807, 2.05) is 4.72 Å². The SMILES string of the molecule is Nc1sc(S(=O)(=O)Nc2c(F)cccc2Br)cc1[N+](=O)[O-]. The van der Waals surface area contributed by atoms with Gasteiger partial charge in [-0.15, -0.1) is 0 Å². The number of nitrogen functional groups attached to an aromatic ring is 1. The first-order valence-electron chi connectivity index (χ1n) is 5.23. The first kappa shape index (κ1) is 15.7. The van der Waals surface area contributed by atoms with E-state index in [9.17, 15) is 22.9 Å². The van der Waals surface area contributed by atoms with Crippen molar-refractivity contribution in [3.63, 3.8) is 0 Å². The largest absolute Gasteiger partial charge is 0.385 e. The maximum atomic E-state index is 13.6. The molecule has 0 fully saturated rings. The number of para-hydroxylation sites is 1. The first-order valence-corrected chi connectivity index (χ1v) is 8.32. The summed E-state index contributed by atoms with van der Waals surface area (Å²) in [7, 11) is -4.18. The summed E-state index contributed by atoms with van der Waals surface area (Å²) in [5.74, 6) is -0.785. The third kappa shape index (κ3) is 3.14. The van der Waals surface area contributed by atoms with E-state index in [1.54, 1.807) is 0 Å². The number of nitro groups is 1. The standard InChI is InChI=1S/C10H7BrFN3O4S2/c11-5-2-1-3-6(12)9(5)14-21(18,19)8-4-7(15(16)17)10(13)20-8/h1-4,14H,13H2. The zero-order valence-electron chi connectivity index (χ0n) is 10.0. The summed E-state index contributed by atoms with van der Waals surface area (Å²) >= 11 is 3.55. The molecule has 0 bridgehead atoms. The van der Waals surface area contributed by atoms with Crippen molar-refractivity contribution < 1.29 is 17.7 Å². The highest BCUT2D eigenvalue weighted by Gasteiger charge is 2.26. The lowest BCUT2D eigenvalue weighted by Crippen LogP contribution is -2.13. The van der Waals surface area contributed by atoms with Gasteiger partial charge in [0, 0.05) is 10.5 Å². The summed E-state index contributed by atoms with van der Waals surface area (Å²) in [5, 5.41) is 10.4. The average molecular weight is 396 g/mol. The van der Waals surface area contributed by atoms with Crippen LogP contribution in [0.15, 0.2) is 32.9 Å². The Morgan fingerprint density at radius 1 is 1.43 bits per heavy atom. The number of rotatable bonds is 4. The molecule has 0 saturated heterocycles. The van der Waals surface area contributed by atoms with Crippen LogP contribution >= 0.6 is 27.3 Å². The van der Waals surface area contributed by atoms with Crippen LogP contribution in [0.4, 0.5) is 20.8 Å². The summed E-state index contributed by atoms with van der Waals surface area (Å²) in [6, 6.07) is 4.75. The van der Waals surface area contributed by atoms with Crippen LogP contribution < -0.4 is 10.5 Å². The van der Waals surface area contributed by atoms with Crippen LogP contribution in [0.2, 0.25) is 0 Å². The molecule has 2 aromatic rings. The topological polar surface area (TPSA) is 115 Å². The van der Waals surface area contributed by atoms with Crippen molar-refractivity contribution in [2.45, 2.75) is 4.21 Å². The van der Waals surface area contributed by atoms with Crippen molar-refractivity contribution in [2.24, 2.45) is 0 Å². The van der Waals surface area contributed by atoms with Crippen LogP contribution in [0.25, 0.3) is 0 Å². The molecule has 112 valence electrons. The molecule has 0 unspecified atom stereocenters. The lowest BCUT2D eigenvalue weighted by molar-refractivity contribution is -0.383. The predicted octanol–water partition coefficient (Wildman–Crippen LogP) is 2.94. The molecule has 0 radical (unpaired) electrons. The van der Waals surface area contributed by atoms with Crippen molar-refractivity contribution in [1.29, 1.82) is 0 Å². The molecule has 0 saturated carbocycles. The molecule has 7 nitrogen and oxygen atoms in total. The third-order valence-electron chi connectivity index (χ3n) is 2.38. The van der Waals surface area contributed by atoms with Gasteiger partial charge in [-0.25, -0.2) is 12.8 Å². The monoisotopic (exact) mass is 395 g/mol. The molecular weight excluding hydrogens is 389 g/mol. The molecular formula is C10H7BrFN3O4S2. The summed E-state index contributed by atoms with van der Waals surface area (Å²) in [6.07, 6.45) is 0. The highest BCUT2D eigenvalue weighted by atomic mass is 79.9. The van der Waals surface area contributed by atoms with Gasteiger partial charge in [-0.2, -0.15) is 0 Å². The lowest BCUT2D eigenvalue weighted by Gasteiger charge is -2.08. The first-order chi connectivity index (χ1) is 9.72. The molecule has 11 heteroatoms. The third-order valence-corrected chi connectivity index (χ3v) is 5.82. The maximum Gasteiger partial charge on any atom is 0.304 e. The number of thiophene rings is 1. The molecule has 0 amide bonds. The van der Waals surface area contributed by atoms with Gasteiger partial charge >= 0.3 is 5.69 Å². The van der Waals surface area contributed by atoms with Crippen molar-refractivity contribution in [3.05, 3.63) is 44.7 Å². The molecule has 0 aliphatic heterocycles. The van der Waals surface area contributed by atoms with Crippen molar-refractivity contribution in [1.82, 2.24) is 0 Å². The number of sulfonamides is 1. The second kappa shape index (κ2) is 5.58. The molecule has 0 atom stereocenters. The van der Waals surface area contributed by atoms with Crippen LogP contribution in [0.1, 0.15) is 0 Å². The van der Waals surface area contributed by atoms with Gasteiger partial charge in [0.1, 0.15) is 10.0 Å². The number of benzene rings is 1. The van der Waals surface area contributed by atoms with E-state index in [1.165, 1.54) is 12.1 Å². The normalized spacial score (nSPS) is 11.3. The molecule has 0 spiro atoms. The Morgan fingerprint density at radius 3 is 2.62 bits per heavy atom. The fourth-order valence-corrected chi connectivity index (χ4v) is 4.30. The molecule has 2 rings (SSSR count). The molecule has 0 aliphatic rings. The molecule has 1 aromatic carbocycles. The van der Waals surface area contributed by atoms with E-state index in [4.69, 9.17) is 5.73 Å². The van der Waals surface area contributed by atoms with Gasteiger partial charge in [-0.05, 0) is 28.1 Å². The Morgan fingerprint density at radius 2 is 2.10 bits per heavy atom. The Balaban J connectivity index is 2.44. The van der Waals surface area contributed by atoms with Crippen molar-refractivity contribution in [2.75, 3.05) is 10.5 Å². The molecule has 1 aromatic heterocycles. The number of anilines is 2. The lowest BCUT2D eigenvalue weighted by atomic mass is 10.3. The van der Waals surface area contributed by atoms with Crippen LogP contribution in [-0.4, -0.2) is 13.3 Å². The van der Waals surface area contributed by atoms with Gasteiger partial charge < -0.3 is 5.73 Å². The smallest absolute Gasteiger partial charge is 0.304 e. The van der Waals surface area contributed by atoms with Crippen LogP contribution in [0.3, 0.4) is 0 Å². The van der Waals surface area contributed by atoms with Gasteiger partial charge in [0.25, 0.3) is 10.0 Å². The van der Waals surface area contributed by atoms with Gasteiger partial charge in [0.15, 0.2) is 5.00 Å². The second-order valence-electron chi connectivity index (χ2n) is 3.77. The fraction of sp³-hybridized carbons (Fsp3) is 0. The van der Waals surface area contributed by atoms with E-state index in [2.05, 4.69) is 15.9 Å². The minimum absolute atomic E-state index is 0.199. The van der Waals surface area contributed by atoms with Crippen LogP contribution in [0.5, 0.6) is 0 Å². The number of hydrogen-bond acceptors (Lipinski definition) is 6. The Kier molecular flexibility index (Phi) is 4.16. The number of halogens is 2. The van der Waals surface area contributed by atoms with Gasteiger partial charge in [-0.3, -0.25) is 14.8 Å². The highest BCUT2D eigenvalue weighted by Crippen LogP contribution is 2.36. The van der Waals surface area contributed by atoms with Crippen LogP contribution in [0, 0.1) is 15.9 Å². The molecule has 0 aliphatic carbocycles. The van der Waals surface area contributed by atoms with E-state index in [-0.39, 0.29) is 19.4 Å². The van der Waals surface area contributed by atoms with Gasteiger partial charge in [0.05, 0.1) is 10.6 Å². The minimum atomic E-state index is -4.18. The van der Waals surface area contributed by atoms with Crippen molar-refractivity contribution >= 4 is 53.7 Å². The minimum Gasteiger partial charge on any atom is -0.385 e. The Bertz CT molecular complexity index is 801. The Hall–Kier alpha value is -1.72. The molecule has 3 N–H and O–H groups in total. The second-order valence-corrected chi connectivity index (χ2v) is 7.62. The zero-order chi connectivity index (χ0) is 15.8. The summed E-state index contributed by atoms with van der Waals surface area (Å²) < 4.78 is 39.7. The van der Waals surface area contributed by atoms with Gasteiger partial charge in [-0.1, -0.05) is 17.4 Å². The molecule has 1 heterocycles. The maximum absolute atomic E-state index is 13.6. The highest BCUT2D eigenvalue weighted by molar-refractivity contribution is 9.10. The summed E-state index contributed by atoms with van der Waals surface area (Å²) in [4.78, 5) is 9.89. The fourth-order valence-electron chi connectivity index (χ4n) is 1.43. The summed E-state index contributed by atoms with van der Waals surface area (Å²) in [6.45, 7) is 0. The van der Waals surface area contributed by atoms with E-state index in [0.717, 1.165) is 12.1 Å². The van der Waals surface area contributed by atoms with E-state index >= 15 is 0 Å². The number of nitrogens with one attached hydrogen (secondary N) is 1. The number of hydrogen-bond donors (Lipinski definition) is 2. The quantitative estimate of drug-likeness (QED) is 0.609. The van der Waals surface area contributed by atoms with E-state index < -0.39 is 26.5 Å². The summed E-state index contributed by atoms with van der Waals surface area (Å²) in [5.41, 5.74) is 4.60. The zero-order valence-corrected chi connectivity index (χ0v) is 13.3. The van der Waals surface area contributed by atoms with Gasteiger partial charge in [0.2, 0.25) is 0 Å². The number of nitrogens with two attached hydrogens (primary N) is 1. The average Bonchev–Trinajstić information content (AvgIpc) is 2.77. The number of nitrogens with zero attached hydrogens (tertiary/aromatic N) is 1.